The number of aliphatic imine (C=N–C) groups is 1. The van der Waals surface area contributed by atoms with Crippen LogP contribution in [0, 0.1) is 13.8 Å². The van der Waals surface area contributed by atoms with Gasteiger partial charge in [0.2, 0.25) is 0 Å². The average Bonchev–Trinajstić information content (AvgIpc) is 2.96. The maximum absolute atomic E-state index is 4.36. The summed E-state index contributed by atoms with van der Waals surface area (Å²) in [5.74, 6) is 0.941. The van der Waals surface area contributed by atoms with Crippen LogP contribution in [0.4, 0.5) is 0 Å². The molecule has 0 aromatic heterocycles. The first-order valence-corrected chi connectivity index (χ1v) is 9.47. The monoisotopic (exact) mass is 319 g/mol. The average molecular weight is 320 g/mol. The zero-order valence-electron chi connectivity index (χ0n) is 14.3. The lowest BCUT2D eigenvalue weighted by molar-refractivity contribution is 0.614. The lowest BCUT2D eigenvalue weighted by Crippen LogP contribution is -2.43. The summed E-state index contributed by atoms with van der Waals surface area (Å²) in [5, 5.41) is 7.83. The molecule has 1 aliphatic rings. The molecule has 1 aromatic rings. The van der Waals surface area contributed by atoms with Crippen molar-refractivity contribution in [3.05, 3.63) is 34.9 Å². The highest BCUT2D eigenvalue weighted by Crippen LogP contribution is 2.27. The number of thioether (sulfide) groups is 1. The lowest BCUT2D eigenvalue weighted by Gasteiger charge is -2.17. The van der Waals surface area contributed by atoms with E-state index in [-0.39, 0.29) is 0 Å². The van der Waals surface area contributed by atoms with Crippen molar-refractivity contribution in [2.24, 2.45) is 4.99 Å². The van der Waals surface area contributed by atoms with Crippen molar-refractivity contribution in [3.63, 3.8) is 0 Å². The van der Waals surface area contributed by atoms with E-state index in [4.69, 9.17) is 0 Å². The number of guanidine groups is 1. The molecule has 0 aliphatic heterocycles. The number of rotatable bonds is 5. The molecule has 1 fully saturated rings. The number of hydrogen-bond donors (Lipinski definition) is 2. The van der Waals surface area contributed by atoms with Gasteiger partial charge in [0.15, 0.2) is 5.96 Å². The molecule has 122 valence electrons. The number of hydrogen-bond acceptors (Lipinski definition) is 2. The van der Waals surface area contributed by atoms with Gasteiger partial charge in [0, 0.05) is 24.9 Å². The summed E-state index contributed by atoms with van der Waals surface area (Å²) >= 11 is 1.99. The largest absolute Gasteiger partial charge is 0.356 e. The van der Waals surface area contributed by atoms with Crippen LogP contribution in [-0.4, -0.2) is 37.1 Å². The second-order valence-corrected chi connectivity index (χ2v) is 7.33. The third-order valence-corrected chi connectivity index (χ3v) is 5.56. The molecular weight excluding hydrogens is 290 g/mol. The molecule has 2 rings (SSSR count). The highest BCUT2D eigenvalue weighted by atomic mass is 32.2. The van der Waals surface area contributed by atoms with Gasteiger partial charge in [0.25, 0.3) is 0 Å². The molecule has 0 amide bonds. The van der Waals surface area contributed by atoms with Crippen LogP contribution in [0.1, 0.15) is 36.0 Å². The van der Waals surface area contributed by atoms with E-state index in [9.17, 15) is 0 Å². The highest BCUT2D eigenvalue weighted by molar-refractivity contribution is 7.99. The number of aryl methyl sites for hydroxylation is 2. The molecule has 0 saturated heterocycles. The van der Waals surface area contributed by atoms with Gasteiger partial charge in [-0.2, -0.15) is 11.8 Å². The Balaban J connectivity index is 1.77. The lowest BCUT2D eigenvalue weighted by atomic mass is 10.0. The van der Waals surface area contributed by atoms with Crippen molar-refractivity contribution >= 4 is 17.7 Å². The summed E-state index contributed by atoms with van der Waals surface area (Å²) in [6.07, 6.45) is 7.07. The fourth-order valence-electron chi connectivity index (χ4n) is 3.12. The summed E-state index contributed by atoms with van der Waals surface area (Å²) < 4.78 is 0. The molecular formula is C18H29N3S. The topological polar surface area (TPSA) is 36.4 Å². The summed E-state index contributed by atoms with van der Waals surface area (Å²) in [7, 11) is 1.85. The Morgan fingerprint density at radius 1 is 1.32 bits per heavy atom. The van der Waals surface area contributed by atoms with Crippen LogP contribution >= 0.6 is 11.8 Å². The van der Waals surface area contributed by atoms with Gasteiger partial charge in [0.1, 0.15) is 0 Å². The van der Waals surface area contributed by atoms with Crippen LogP contribution in [0.2, 0.25) is 0 Å². The van der Waals surface area contributed by atoms with Gasteiger partial charge in [-0.3, -0.25) is 4.99 Å². The van der Waals surface area contributed by atoms with Gasteiger partial charge in [0.05, 0.1) is 0 Å². The molecule has 2 atom stereocenters. The number of nitrogens with zero attached hydrogens (tertiary/aromatic N) is 1. The minimum Gasteiger partial charge on any atom is -0.356 e. The standard InChI is InChI=1S/C18H29N3S/c1-13-5-6-15(14(2)11-13)9-10-20-18(19-3)21-16-7-8-17(12-16)22-4/h5-6,11,16-17H,7-10,12H2,1-4H3,(H2,19,20,21). The van der Waals surface area contributed by atoms with Crippen molar-refractivity contribution in [1.82, 2.24) is 10.6 Å². The Kier molecular flexibility index (Phi) is 6.62. The van der Waals surface area contributed by atoms with Crippen LogP contribution in [0.15, 0.2) is 23.2 Å². The molecule has 1 saturated carbocycles. The Labute approximate surface area is 139 Å². The number of benzene rings is 1. The van der Waals surface area contributed by atoms with E-state index in [1.165, 1.54) is 36.0 Å². The van der Waals surface area contributed by atoms with Crippen molar-refractivity contribution in [2.75, 3.05) is 19.8 Å². The minimum atomic E-state index is 0.574. The normalized spacial score (nSPS) is 21.9. The summed E-state index contributed by atoms with van der Waals surface area (Å²) in [6.45, 7) is 5.25. The molecule has 4 heteroatoms. The first kappa shape index (κ1) is 17.2. The molecule has 0 spiro atoms. The van der Waals surface area contributed by atoms with E-state index >= 15 is 0 Å². The van der Waals surface area contributed by atoms with Crippen molar-refractivity contribution in [1.29, 1.82) is 0 Å². The van der Waals surface area contributed by atoms with Gasteiger partial charge in [-0.25, -0.2) is 0 Å². The fourth-order valence-corrected chi connectivity index (χ4v) is 3.91. The molecule has 2 unspecified atom stereocenters. The predicted molar refractivity (Wildman–Crippen MR) is 99.1 cm³/mol. The van der Waals surface area contributed by atoms with Crippen molar-refractivity contribution in [2.45, 2.75) is 50.8 Å². The SMILES string of the molecule is CN=C(NCCc1ccc(C)cc1C)NC1CCC(SC)C1. The molecule has 0 radical (unpaired) electrons. The maximum Gasteiger partial charge on any atom is 0.191 e. The molecule has 3 nitrogen and oxygen atoms in total. The molecule has 1 aromatic carbocycles. The van der Waals surface area contributed by atoms with E-state index in [0.717, 1.165) is 24.2 Å². The molecule has 1 aliphatic carbocycles. The summed E-state index contributed by atoms with van der Waals surface area (Å²) in [6, 6.07) is 7.26. The van der Waals surface area contributed by atoms with Crippen LogP contribution < -0.4 is 10.6 Å². The Bertz CT molecular complexity index is 513. The second kappa shape index (κ2) is 8.47. The van der Waals surface area contributed by atoms with Gasteiger partial charge in [-0.05, 0) is 56.9 Å². The smallest absolute Gasteiger partial charge is 0.191 e. The summed E-state index contributed by atoms with van der Waals surface area (Å²) in [5.41, 5.74) is 4.12. The van der Waals surface area contributed by atoms with Crippen LogP contribution in [0.25, 0.3) is 0 Å². The van der Waals surface area contributed by atoms with Gasteiger partial charge in [-0.1, -0.05) is 23.8 Å². The predicted octanol–water partition coefficient (Wildman–Crippen LogP) is 3.30. The zero-order chi connectivity index (χ0) is 15.9. The van der Waals surface area contributed by atoms with Crippen LogP contribution in [0.5, 0.6) is 0 Å². The maximum atomic E-state index is 4.36. The van der Waals surface area contributed by atoms with E-state index in [1.54, 1.807) is 0 Å². The first-order chi connectivity index (χ1) is 10.6. The highest BCUT2D eigenvalue weighted by Gasteiger charge is 2.24. The molecule has 2 N–H and O–H groups in total. The summed E-state index contributed by atoms with van der Waals surface area (Å²) in [4.78, 5) is 4.36. The quantitative estimate of drug-likeness (QED) is 0.646. The van der Waals surface area contributed by atoms with Gasteiger partial charge < -0.3 is 10.6 Å². The van der Waals surface area contributed by atoms with Crippen LogP contribution in [0.3, 0.4) is 0 Å². The third-order valence-electron chi connectivity index (χ3n) is 4.47. The molecule has 22 heavy (non-hydrogen) atoms. The fraction of sp³-hybridized carbons (Fsp3) is 0.611. The van der Waals surface area contributed by atoms with Crippen LogP contribution in [-0.2, 0) is 6.42 Å². The van der Waals surface area contributed by atoms with Gasteiger partial charge >= 0.3 is 0 Å². The third kappa shape index (κ3) is 4.94. The van der Waals surface area contributed by atoms with E-state index in [1.807, 2.05) is 18.8 Å². The second-order valence-electron chi connectivity index (χ2n) is 6.19. The number of nitrogens with one attached hydrogen (secondary N) is 2. The Hall–Kier alpha value is -1.16. The molecule has 0 heterocycles. The first-order valence-electron chi connectivity index (χ1n) is 8.18. The van der Waals surface area contributed by atoms with Gasteiger partial charge in [-0.15, -0.1) is 0 Å². The Morgan fingerprint density at radius 2 is 2.14 bits per heavy atom. The minimum absolute atomic E-state index is 0.574. The van der Waals surface area contributed by atoms with E-state index in [2.05, 4.69) is 53.9 Å². The van der Waals surface area contributed by atoms with Crippen molar-refractivity contribution in [3.8, 4) is 0 Å². The molecule has 0 bridgehead atoms. The van der Waals surface area contributed by atoms with E-state index in [0.29, 0.717) is 6.04 Å². The van der Waals surface area contributed by atoms with E-state index < -0.39 is 0 Å². The zero-order valence-corrected chi connectivity index (χ0v) is 15.1. The Morgan fingerprint density at radius 3 is 2.77 bits per heavy atom. The van der Waals surface area contributed by atoms with Crippen molar-refractivity contribution < 1.29 is 0 Å².